The predicted molar refractivity (Wildman–Crippen MR) is 107 cm³/mol. The lowest BCUT2D eigenvalue weighted by Gasteiger charge is -2.35. The van der Waals surface area contributed by atoms with E-state index < -0.39 is 0 Å². The number of carbonyl (C=O) groups excluding carboxylic acids is 1. The number of nitrogens with one attached hydrogen (secondary N) is 1. The van der Waals surface area contributed by atoms with Crippen molar-refractivity contribution in [1.82, 2.24) is 19.8 Å². The second kappa shape index (κ2) is 7.92. The summed E-state index contributed by atoms with van der Waals surface area (Å²) in [6, 6.07) is 16.5. The first-order valence-electron chi connectivity index (χ1n) is 9.67. The van der Waals surface area contributed by atoms with Crippen molar-refractivity contribution in [1.29, 1.82) is 0 Å². The molecular formula is C22H26N4O. The fourth-order valence-electron chi connectivity index (χ4n) is 3.69. The number of aromatic amines is 1. The van der Waals surface area contributed by atoms with Crippen LogP contribution in [0.1, 0.15) is 23.4 Å². The number of hydrogen-bond donors (Lipinski definition) is 1. The van der Waals surface area contributed by atoms with E-state index in [1.165, 1.54) is 11.1 Å². The van der Waals surface area contributed by atoms with Crippen molar-refractivity contribution < 1.29 is 4.79 Å². The molecule has 1 fully saturated rings. The van der Waals surface area contributed by atoms with Crippen molar-refractivity contribution in [3.05, 3.63) is 65.5 Å². The lowest BCUT2D eigenvalue weighted by atomic mass is 10.1. The summed E-state index contributed by atoms with van der Waals surface area (Å²) in [6.07, 6.45) is 1.18. The Hall–Kier alpha value is -2.66. The minimum atomic E-state index is 0.228. The van der Waals surface area contributed by atoms with Crippen LogP contribution in [0.4, 0.5) is 0 Å². The number of para-hydroxylation sites is 2. The molecule has 0 radical (unpaired) electrons. The van der Waals surface area contributed by atoms with E-state index in [-0.39, 0.29) is 5.91 Å². The molecule has 1 aliphatic heterocycles. The molecule has 0 atom stereocenters. The highest BCUT2D eigenvalue weighted by Crippen LogP contribution is 2.14. The van der Waals surface area contributed by atoms with E-state index in [2.05, 4.69) is 46.1 Å². The van der Waals surface area contributed by atoms with Crippen LogP contribution in [-0.4, -0.2) is 51.9 Å². The maximum atomic E-state index is 12.6. The molecule has 5 nitrogen and oxygen atoms in total. The normalized spacial score (nSPS) is 15.4. The summed E-state index contributed by atoms with van der Waals surface area (Å²) in [7, 11) is 0. The molecule has 1 saturated heterocycles. The first-order valence-corrected chi connectivity index (χ1v) is 9.67. The van der Waals surface area contributed by atoms with Gasteiger partial charge in [-0.05, 0) is 30.2 Å². The van der Waals surface area contributed by atoms with E-state index in [1.807, 2.05) is 29.2 Å². The van der Waals surface area contributed by atoms with Gasteiger partial charge in [0.2, 0.25) is 5.91 Å². The van der Waals surface area contributed by atoms with Crippen LogP contribution in [0, 0.1) is 6.92 Å². The summed E-state index contributed by atoms with van der Waals surface area (Å²) in [4.78, 5) is 24.9. The molecule has 1 aliphatic rings. The molecule has 0 saturated carbocycles. The van der Waals surface area contributed by atoms with Crippen molar-refractivity contribution in [3.8, 4) is 0 Å². The van der Waals surface area contributed by atoms with Gasteiger partial charge in [0, 0.05) is 45.6 Å². The second-order valence-electron chi connectivity index (χ2n) is 7.28. The summed E-state index contributed by atoms with van der Waals surface area (Å²) in [5.74, 6) is 1.12. The molecule has 3 aromatic rings. The zero-order valence-electron chi connectivity index (χ0n) is 15.8. The molecule has 0 spiro atoms. The van der Waals surface area contributed by atoms with Crippen LogP contribution in [0.15, 0.2) is 48.5 Å². The van der Waals surface area contributed by atoms with Gasteiger partial charge in [-0.3, -0.25) is 9.69 Å². The van der Waals surface area contributed by atoms with E-state index in [1.54, 1.807) is 0 Å². The Morgan fingerprint density at radius 1 is 1.04 bits per heavy atom. The Kier molecular flexibility index (Phi) is 5.21. The third-order valence-corrected chi connectivity index (χ3v) is 5.39. The molecule has 5 heteroatoms. The molecular weight excluding hydrogens is 336 g/mol. The highest BCUT2D eigenvalue weighted by Gasteiger charge is 2.21. The fourth-order valence-corrected chi connectivity index (χ4v) is 3.69. The van der Waals surface area contributed by atoms with Crippen molar-refractivity contribution in [2.24, 2.45) is 0 Å². The first kappa shape index (κ1) is 17.7. The molecule has 27 heavy (non-hydrogen) atoms. The standard InChI is InChI=1S/C22H26N4O/c1-17-6-2-3-7-18(17)16-25-12-14-26(15-13-25)22(27)11-10-21-23-19-8-4-5-9-20(19)24-21/h2-9H,10-16H2,1H3,(H,23,24). The van der Waals surface area contributed by atoms with Gasteiger partial charge in [-0.25, -0.2) is 4.98 Å². The first-order chi connectivity index (χ1) is 13.2. The number of amides is 1. The van der Waals surface area contributed by atoms with Crippen molar-refractivity contribution in [3.63, 3.8) is 0 Å². The summed E-state index contributed by atoms with van der Waals surface area (Å²) in [5.41, 5.74) is 4.71. The van der Waals surface area contributed by atoms with Crippen LogP contribution in [-0.2, 0) is 17.8 Å². The monoisotopic (exact) mass is 362 g/mol. The minimum absolute atomic E-state index is 0.228. The van der Waals surface area contributed by atoms with Gasteiger partial charge in [0.15, 0.2) is 0 Å². The number of aromatic nitrogens is 2. The molecule has 140 valence electrons. The van der Waals surface area contributed by atoms with Crippen LogP contribution in [0.25, 0.3) is 11.0 Å². The van der Waals surface area contributed by atoms with Gasteiger partial charge in [-0.2, -0.15) is 0 Å². The molecule has 2 heterocycles. The molecule has 1 N–H and O–H groups in total. The van der Waals surface area contributed by atoms with Gasteiger partial charge in [0.25, 0.3) is 0 Å². The van der Waals surface area contributed by atoms with Gasteiger partial charge in [0.1, 0.15) is 5.82 Å². The molecule has 0 aliphatic carbocycles. The van der Waals surface area contributed by atoms with Crippen LogP contribution in [0.3, 0.4) is 0 Å². The molecule has 4 rings (SSSR count). The second-order valence-corrected chi connectivity index (χ2v) is 7.28. The Labute approximate surface area is 160 Å². The van der Waals surface area contributed by atoms with Crippen LogP contribution < -0.4 is 0 Å². The fraction of sp³-hybridized carbons (Fsp3) is 0.364. The van der Waals surface area contributed by atoms with E-state index >= 15 is 0 Å². The lowest BCUT2D eigenvalue weighted by Crippen LogP contribution is -2.48. The average Bonchev–Trinajstić information content (AvgIpc) is 3.11. The topological polar surface area (TPSA) is 52.2 Å². The zero-order valence-corrected chi connectivity index (χ0v) is 15.8. The van der Waals surface area contributed by atoms with Gasteiger partial charge in [-0.1, -0.05) is 36.4 Å². The van der Waals surface area contributed by atoms with Crippen LogP contribution in [0.5, 0.6) is 0 Å². The van der Waals surface area contributed by atoms with Gasteiger partial charge in [0.05, 0.1) is 11.0 Å². The third-order valence-electron chi connectivity index (χ3n) is 5.39. The zero-order chi connectivity index (χ0) is 18.6. The van der Waals surface area contributed by atoms with Gasteiger partial charge in [-0.15, -0.1) is 0 Å². The summed E-state index contributed by atoms with van der Waals surface area (Å²) in [5, 5.41) is 0. The lowest BCUT2D eigenvalue weighted by molar-refractivity contribution is -0.133. The summed E-state index contributed by atoms with van der Waals surface area (Å²) in [6.45, 7) is 6.62. The van der Waals surface area contributed by atoms with Gasteiger partial charge >= 0.3 is 0 Å². The number of hydrogen-bond acceptors (Lipinski definition) is 3. The number of carbonyl (C=O) groups is 1. The molecule has 1 aromatic heterocycles. The van der Waals surface area contributed by atoms with E-state index in [9.17, 15) is 4.79 Å². The maximum absolute atomic E-state index is 12.6. The number of piperazine rings is 1. The largest absolute Gasteiger partial charge is 0.342 e. The molecule has 2 aromatic carbocycles. The quantitative estimate of drug-likeness (QED) is 0.759. The van der Waals surface area contributed by atoms with Gasteiger partial charge < -0.3 is 9.88 Å². The average molecular weight is 362 g/mol. The summed E-state index contributed by atoms with van der Waals surface area (Å²) >= 11 is 0. The number of fused-ring (bicyclic) bond motifs is 1. The Morgan fingerprint density at radius 3 is 2.56 bits per heavy atom. The summed E-state index contributed by atoms with van der Waals surface area (Å²) < 4.78 is 0. The van der Waals surface area contributed by atoms with E-state index in [0.717, 1.165) is 49.6 Å². The number of nitrogens with zero attached hydrogens (tertiary/aromatic N) is 3. The Balaban J connectivity index is 1.26. The molecule has 0 bridgehead atoms. The number of H-pyrrole nitrogens is 1. The van der Waals surface area contributed by atoms with E-state index in [4.69, 9.17) is 0 Å². The Morgan fingerprint density at radius 2 is 1.78 bits per heavy atom. The van der Waals surface area contributed by atoms with E-state index in [0.29, 0.717) is 12.8 Å². The SMILES string of the molecule is Cc1ccccc1CN1CCN(C(=O)CCc2nc3ccccc3[nH]2)CC1. The predicted octanol–water partition coefficient (Wildman–Crippen LogP) is 3.15. The smallest absolute Gasteiger partial charge is 0.223 e. The number of rotatable bonds is 5. The number of aryl methyl sites for hydroxylation is 2. The highest BCUT2D eigenvalue weighted by atomic mass is 16.2. The van der Waals surface area contributed by atoms with Crippen molar-refractivity contribution in [2.45, 2.75) is 26.3 Å². The molecule has 1 amide bonds. The molecule has 0 unspecified atom stereocenters. The van der Waals surface area contributed by atoms with Crippen LogP contribution in [0.2, 0.25) is 0 Å². The number of imidazole rings is 1. The minimum Gasteiger partial charge on any atom is -0.342 e. The van der Waals surface area contributed by atoms with Crippen molar-refractivity contribution >= 4 is 16.9 Å². The van der Waals surface area contributed by atoms with Crippen LogP contribution >= 0.6 is 0 Å². The number of benzene rings is 2. The van der Waals surface area contributed by atoms with Crippen molar-refractivity contribution in [2.75, 3.05) is 26.2 Å². The maximum Gasteiger partial charge on any atom is 0.223 e. The third kappa shape index (κ3) is 4.19. The highest BCUT2D eigenvalue weighted by molar-refractivity contribution is 5.77. The Bertz CT molecular complexity index is 892.